The SMILES string of the molecule is CN(C)c1ccc(N=C(C#N)C(=O)c2ccc3c(c2)OCO3)cc1. The van der Waals surface area contributed by atoms with Crippen LogP contribution in [-0.2, 0) is 0 Å². The van der Waals surface area contributed by atoms with Crippen LogP contribution in [0.3, 0.4) is 0 Å². The molecule has 0 spiro atoms. The molecule has 2 aromatic rings. The van der Waals surface area contributed by atoms with Crippen LogP contribution in [0.15, 0.2) is 47.5 Å². The van der Waals surface area contributed by atoms with E-state index in [0.717, 1.165) is 5.69 Å². The van der Waals surface area contributed by atoms with Crippen LogP contribution in [0.25, 0.3) is 0 Å². The predicted octanol–water partition coefficient (Wildman–Crippen LogP) is 2.96. The van der Waals surface area contributed by atoms with Gasteiger partial charge >= 0.3 is 0 Å². The molecular formula is C18H15N3O3. The van der Waals surface area contributed by atoms with E-state index >= 15 is 0 Å². The monoisotopic (exact) mass is 321 g/mol. The Balaban J connectivity index is 1.87. The van der Waals surface area contributed by atoms with Gasteiger partial charge in [0.1, 0.15) is 6.07 Å². The van der Waals surface area contributed by atoms with Crippen molar-refractivity contribution >= 4 is 22.9 Å². The first-order valence-corrected chi connectivity index (χ1v) is 7.29. The van der Waals surface area contributed by atoms with Crippen molar-refractivity contribution in [3.63, 3.8) is 0 Å². The molecule has 0 aliphatic carbocycles. The lowest BCUT2D eigenvalue weighted by atomic mass is 10.1. The van der Waals surface area contributed by atoms with Gasteiger partial charge in [0, 0.05) is 25.3 Å². The maximum absolute atomic E-state index is 12.5. The molecule has 0 radical (unpaired) electrons. The summed E-state index contributed by atoms with van der Waals surface area (Å²) < 4.78 is 10.5. The Bertz CT molecular complexity index is 849. The second kappa shape index (κ2) is 6.42. The Morgan fingerprint density at radius 1 is 1.12 bits per heavy atom. The molecule has 0 amide bonds. The lowest BCUT2D eigenvalue weighted by Gasteiger charge is -2.11. The number of rotatable bonds is 4. The molecule has 0 bridgehead atoms. The van der Waals surface area contributed by atoms with E-state index in [4.69, 9.17) is 9.47 Å². The van der Waals surface area contributed by atoms with Crippen molar-refractivity contribution in [1.29, 1.82) is 5.26 Å². The summed E-state index contributed by atoms with van der Waals surface area (Å²) in [5.74, 6) is 0.627. The van der Waals surface area contributed by atoms with Gasteiger partial charge in [-0.3, -0.25) is 4.79 Å². The molecule has 1 aliphatic heterocycles. The molecule has 3 rings (SSSR count). The first kappa shape index (κ1) is 15.6. The maximum atomic E-state index is 12.5. The Hall–Kier alpha value is -3.33. The van der Waals surface area contributed by atoms with Crippen LogP contribution in [0, 0.1) is 11.3 Å². The zero-order valence-corrected chi connectivity index (χ0v) is 13.3. The molecule has 6 nitrogen and oxygen atoms in total. The third-order valence-corrected chi connectivity index (χ3v) is 3.56. The Labute approximate surface area is 139 Å². The molecule has 0 unspecified atom stereocenters. The molecule has 0 saturated carbocycles. The van der Waals surface area contributed by atoms with Crippen molar-refractivity contribution in [2.45, 2.75) is 0 Å². The third-order valence-electron chi connectivity index (χ3n) is 3.56. The summed E-state index contributed by atoms with van der Waals surface area (Å²) in [4.78, 5) is 18.6. The van der Waals surface area contributed by atoms with E-state index in [1.54, 1.807) is 30.3 Å². The number of carbonyl (C=O) groups excluding carboxylic acids is 1. The summed E-state index contributed by atoms with van der Waals surface area (Å²) in [5.41, 5.74) is 1.72. The summed E-state index contributed by atoms with van der Waals surface area (Å²) >= 11 is 0. The molecule has 0 aromatic heterocycles. The van der Waals surface area contributed by atoms with Gasteiger partial charge in [0.2, 0.25) is 12.6 Å². The molecule has 2 aromatic carbocycles. The van der Waals surface area contributed by atoms with Crippen molar-refractivity contribution in [2.75, 3.05) is 25.8 Å². The highest BCUT2D eigenvalue weighted by Gasteiger charge is 2.19. The summed E-state index contributed by atoms with van der Waals surface area (Å²) in [7, 11) is 3.87. The zero-order chi connectivity index (χ0) is 17.1. The van der Waals surface area contributed by atoms with Gasteiger partial charge in [-0.2, -0.15) is 5.26 Å². The van der Waals surface area contributed by atoms with Crippen molar-refractivity contribution in [1.82, 2.24) is 0 Å². The maximum Gasteiger partial charge on any atom is 0.231 e. The van der Waals surface area contributed by atoms with Crippen LogP contribution in [-0.4, -0.2) is 32.4 Å². The number of nitrogens with zero attached hydrogens (tertiary/aromatic N) is 3. The molecule has 1 heterocycles. The summed E-state index contributed by atoms with van der Waals surface area (Å²) in [6.45, 7) is 0.129. The van der Waals surface area contributed by atoms with Gasteiger partial charge in [-0.1, -0.05) is 0 Å². The number of hydrogen-bond acceptors (Lipinski definition) is 6. The lowest BCUT2D eigenvalue weighted by molar-refractivity contribution is 0.106. The fourth-order valence-electron chi connectivity index (χ4n) is 2.26. The van der Waals surface area contributed by atoms with E-state index < -0.39 is 5.78 Å². The van der Waals surface area contributed by atoms with Gasteiger partial charge in [-0.25, -0.2) is 4.99 Å². The second-order valence-electron chi connectivity index (χ2n) is 5.38. The van der Waals surface area contributed by atoms with Crippen molar-refractivity contribution in [2.24, 2.45) is 4.99 Å². The number of fused-ring (bicyclic) bond motifs is 1. The molecule has 0 atom stereocenters. The van der Waals surface area contributed by atoms with Crippen LogP contribution in [0.2, 0.25) is 0 Å². The van der Waals surface area contributed by atoms with E-state index in [-0.39, 0.29) is 12.5 Å². The predicted molar refractivity (Wildman–Crippen MR) is 90.4 cm³/mol. The van der Waals surface area contributed by atoms with E-state index in [1.165, 1.54) is 0 Å². The summed E-state index contributed by atoms with van der Waals surface area (Å²) in [6, 6.07) is 14.0. The number of aliphatic imine (C=N–C) groups is 1. The van der Waals surface area contributed by atoms with Crippen LogP contribution in [0.4, 0.5) is 11.4 Å². The number of anilines is 1. The Morgan fingerprint density at radius 2 is 1.83 bits per heavy atom. The second-order valence-corrected chi connectivity index (χ2v) is 5.38. The molecule has 1 aliphatic rings. The van der Waals surface area contributed by atoms with Crippen LogP contribution >= 0.6 is 0 Å². The third kappa shape index (κ3) is 3.06. The van der Waals surface area contributed by atoms with Crippen LogP contribution in [0.5, 0.6) is 11.5 Å². The number of hydrogen-bond donors (Lipinski definition) is 0. The van der Waals surface area contributed by atoms with E-state index in [9.17, 15) is 10.1 Å². The lowest BCUT2D eigenvalue weighted by Crippen LogP contribution is -2.12. The number of carbonyl (C=O) groups is 1. The standard InChI is InChI=1S/C18H15N3O3/c1-21(2)14-6-4-13(5-7-14)20-15(10-19)18(22)12-3-8-16-17(9-12)24-11-23-16/h3-9H,11H2,1-2H3. The van der Waals surface area contributed by atoms with E-state index in [0.29, 0.717) is 22.7 Å². The quantitative estimate of drug-likeness (QED) is 0.639. The largest absolute Gasteiger partial charge is 0.454 e. The number of benzene rings is 2. The Kier molecular flexibility index (Phi) is 4.17. The highest BCUT2D eigenvalue weighted by atomic mass is 16.7. The fourth-order valence-corrected chi connectivity index (χ4v) is 2.26. The van der Waals surface area contributed by atoms with Gasteiger partial charge < -0.3 is 14.4 Å². The van der Waals surface area contributed by atoms with Gasteiger partial charge in [-0.05, 0) is 42.5 Å². The minimum atomic E-state index is -0.451. The fraction of sp³-hybridized carbons (Fsp3) is 0.167. The average molecular weight is 321 g/mol. The molecule has 0 fully saturated rings. The molecule has 24 heavy (non-hydrogen) atoms. The number of ether oxygens (including phenoxy) is 2. The van der Waals surface area contributed by atoms with Crippen molar-refractivity contribution in [3.05, 3.63) is 48.0 Å². The molecular weight excluding hydrogens is 306 g/mol. The highest BCUT2D eigenvalue weighted by Crippen LogP contribution is 2.32. The van der Waals surface area contributed by atoms with Crippen molar-refractivity contribution < 1.29 is 14.3 Å². The topological polar surface area (TPSA) is 74.9 Å². The Morgan fingerprint density at radius 3 is 2.50 bits per heavy atom. The van der Waals surface area contributed by atoms with Crippen LogP contribution < -0.4 is 14.4 Å². The number of Topliss-reactive ketones (excluding diaryl/α,β-unsaturated/α-hetero) is 1. The molecule has 0 saturated heterocycles. The van der Waals surface area contributed by atoms with E-state index in [1.807, 2.05) is 37.2 Å². The number of nitriles is 1. The summed E-state index contributed by atoms with van der Waals surface area (Å²) in [6.07, 6.45) is 0. The van der Waals surface area contributed by atoms with Gasteiger partial charge in [0.15, 0.2) is 17.2 Å². The first-order chi connectivity index (χ1) is 11.6. The smallest absolute Gasteiger partial charge is 0.231 e. The van der Waals surface area contributed by atoms with Gasteiger partial charge in [0.05, 0.1) is 5.69 Å². The number of ketones is 1. The molecule has 6 heteroatoms. The zero-order valence-electron chi connectivity index (χ0n) is 13.3. The minimum absolute atomic E-state index is 0.129. The van der Waals surface area contributed by atoms with Gasteiger partial charge in [0.25, 0.3) is 0 Å². The first-order valence-electron chi connectivity index (χ1n) is 7.29. The normalized spacial score (nSPS) is 12.6. The van der Waals surface area contributed by atoms with E-state index in [2.05, 4.69) is 4.99 Å². The van der Waals surface area contributed by atoms with Crippen LogP contribution in [0.1, 0.15) is 10.4 Å². The minimum Gasteiger partial charge on any atom is -0.454 e. The van der Waals surface area contributed by atoms with Crippen molar-refractivity contribution in [3.8, 4) is 17.6 Å². The molecule has 0 N–H and O–H groups in total. The molecule has 120 valence electrons. The average Bonchev–Trinajstić information content (AvgIpc) is 3.07. The summed E-state index contributed by atoms with van der Waals surface area (Å²) in [5, 5.41) is 9.29. The van der Waals surface area contributed by atoms with Gasteiger partial charge in [-0.15, -0.1) is 0 Å². The highest BCUT2D eigenvalue weighted by molar-refractivity contribution is 6.51.